The van der Waals surface area contributed by atoms with Crippen LogP contribution in [0.1, 0.15) is 0 Å². The summed E-state index contributed by atoms with van der Waals surface area (Å²) in [4.78, 5) is 11.0. The van der Waals surface area contributed by atoms with Gasteiger partial charge in [-0.05, 0) is 153 Å². The van der Waals surface area contributed by atoms with Crippen LogP contribution in [0.2, 0.25) is 0 Å². The van der Waals surface area contributed by atoms with Crippen molar-refractivity contribution in [3.63, 3.8) is 0 Å². The number of benzene rings is 13. The van der Waals surface area contributed by atoms with Crippen LogP contribution in [0.25, 0.3) is 75.8 Å². The van der Waals surface area contributed by atoms with Gasteiger partial charge in [-0.2, -0.15) is 0 Å². The Kier molecular flexibility index (Phi) is 11.5. The number of hydrogen-bond donors (Lipinski definition) is 0. The molecule has 0 aliphatic rings. The summed E-state index contributed by atoms with van der Waals surface area (Å²) in [6.45, 7) is 8.07. The van der Waals surface area contributed by atoms with Crippen LogP contribution in [0.15, 0.2) is 297 Å². The van der Waals surface area contributed by atoms with Crippen molar-refractivity contribution < 1.29 is 0 Å². The predicted molar refractivity (Wildman–Crippen MR) is 329 cm³/mol. The molecule has 5 heteroatoms. The van der Waals surface area contributed by atoms with Gasteiger partial charge in [-0.25, -0.2) is 4.85 Å². The standard InChI is InChI=1S/C73H49N5/c1-74-56-26-20-34-61(49-56)75(57-27-5-2-6-28-57)63-46-55(47-64(50-63)77(59-31-9-4-10-32-59)72-48-54-24-13-14-35-65(54)66-36-15-16-37-67(66)72)53-25-19-33-60(45-53)76(58-29-7-3-8-30-58)70-40-21-41-71-73(70)68-38-17-18-39-69(68)78(71)62-43-42-51-22-11-12-23-52(51)44-62/h2-50H. The van der Waals surface area contributed by atoms with Crippen molar-refractivity contribution in [3.8, 4) is 16.8 Å². The molecule has 0 saturated carbocycles. The minimum atomic E-state index is 0.572. The van der Waals surface area contributed by atoms with E-state index in [-0.39, 0.29) is 0 Å². The molecule has 78 heavy (non-hydrogen) atoms. The number of hydrogen-bond acceptors (Lipinski definition) is 3. The predicted octanol–water partition coefficient (Wildman–Crippen LogP) is 20.9. The van der Waals surface area contributed by atoms with E-state index >= 15 is 0 Å². The first-order valence-electron chi connectivity index (χ1n) is 26.4. The summed E-state index contributed by atoms with van der Waals surface area (Å²) in [5, 5.41) is 9.47. The van der Waals surface area contributed by atoms with Gasteiger partial charge >= 0.3 is 0 Å². The van der Waals surface area contributed by atoms with Gasteiger partial charge in [0.15, 0.2) is 5.69 Å². The molecule has 0 unspecified atom stereocenters. The van der Waals surface area contributed by atoms with Crippen LogP contribution in [0.3, 0.4) is 0 Å². The third kappa shape index (κ3) is 8.13. The number of rotatable bonds is 11. The molecule has 1 heterocycles. The highest BCUT2D eigenvalue weighted by Crippen LogP contribution is 2.49. The Hall–Kier alpha value is -10.7. The van der Waals surface area contributed by atoms with Gasteiger partial charge in [0.1, 0.15) is 0 Å². The quantitative estimate of drug-likeness (QED) is 0.0951. The number of aromatic nitrogens is 1. The van der Waals surface area contributed by atoms with Gasteiger partial charge < -0.3 is 19.3 Å². The van der Waals surface area contributed by atoms with Crippen molar-refractivity contribution in [2.75, 3.05) is 14.7 Å². The fraction of sp³-hybridized carbons (Fsp3) is 0. The van der Waals surface area contributed by atoms with Crippen LogP contribution >= 0.6 is 0 Å². The van der Waals surface area contributed by atoms with E-state index in [1.54, 1.807) is 0 Å². The van der Waals surface area contributed by atoms with E-state index in [9.17, 15) is 0 Å². The number of fused-ring (bicyclic) bond motifs is 7. The minimum Gasteiger partial charge on any atom is -0.312 e. The topological polar surface area (TPSA) is 19.0 Å². The van der Waals surface area contributed by atoms with Crippen molar-refractivity contribution in [3.05, 3.63) is 309 Å². The third-order valence-electron chi connectivity index (χ3n) is 15.0. The number of para-hydroxylation sites is 4. The molecule has 0 spiro atoms. The summed E-state index contributed by atoms with van der Waals surface area (Å²) in [6.07, 6.45) is 0. The average molecular weight is 996 g/mol. The first kappa shape index (κ1) is 45.9. The van der Waals surface area contributed by atoms with Crippen molar-refractivity contribution in [2.45, 2.75) is 0 Å². The zero-order chi connectivity index (χ0) is 51.9. The van der Waals surface area contributed by atoms with Crippen LogP contribution in [-0.2, 0) is 0 Å². The Morgan fingerprint density at radius 1 is 0.282 bits per heavy atom. The maximum absolute atomic E-state index is 8.07. The molecule has 0 atom stereocenters. The molecular weight excluding hydrogens is 947 g/mol. The lowest BCUT2D eigenvalue weighted by atomic mass is 9.98. The maximum Gasteiger partial charge on any atom is 0.189 e. The van der Waals surface area contributed by atoms with Crippen LogP contribution in [0.5, 0.6) is 0 Å². The molecule has 0 bridgehead atoms. The van der Waals surface area contributed by atoms with E-state index in [2.05, 4.69) is 297 Å². The second-order valence-corrected chi connectivity index (χ2v) is 19.7. The van der Waals surface area contributed by atoms with Gasteiger partial charge in [-0.1, -0.05) is 182 Å². The summed E-state index contributed by atoms with van der Waals surface area (Å²) in [6, 6.07) is 106. The van der Waals surface area contributed by atoms with E-state index in [4.69, 9.17) is 6.57 Å². The summed E-state index contributed by atoms with van der Waals surface area (Å²) in [5.41, 5.74) is 15.1. The fourth-order valence-corrected chi connectivity index (χ4v) is 11.6. The van der Waals surface area contributed by atoms with Gasteiger partial charge in [0, 0.05) is 61.7 Å². The highest BCUT2D eigenvalue weighted by atomic mass is 15.2. The van der Waals surface area contributed by atoms with Crippen LogP contribution in [0, 0.1) is 6.57 Å². The lowest BCUT2D eigenvalue weighted by molar-refractivity contribution is 1.18. The van der Waals surface area contributed by atoms with E-state index in [0.717, 1.165) is 89.8 Å². The highest BCUT2D eigenvalue weighted by Gasteiger charge is 2.24. The molecule has 0 N–H and O–H groups in total. The first-order valence-corrected chi connectivity index (χ1v) is 26.4. The maximum atomic E-state index is 8.07. The van der Waals surface area contributed by atoms with Gasteiger partial charge in [0.2, 0.25) is 0 Å². The van der Waals surface area contributed by atoms with E-state index in [1.165, 1.54) is 32.3 Å². The molecule has 0 aliphatic heterocycles. The molecule has 0 saturated heterocycles. The van der Waals surface area contributed by atoms with Crippen molar-refractivity contribution in [2.24, 2.45) is 0 Å². The molecule has 5 nitrogen and oxygen atoms in total. The Balaban J connectivity index is 1.01. The second-order valence-electron chi connectivity index (χ2n) is 19.7. The Morgan fingerprint density at radius 2 is 0.795 bits per heavy atom. The lowest BCUT2D eigenvalue weighted by Gasteiger charge is -2.31. The molecule has 0 radical (unpaired) electrons. The zero-order valence-electron chi connectivity index (χ0n) is 42.5. The average Bonchev–Trinajstić information content (AvgIpc) is 4.00. The molecular formula is C73H49N5. The number of nitrogens with zero attached hydrogens (tertiary/aromatic N) is 5. The van der Waals surface area contributed by atoms with Crippen molar-refractivity contribution >= 4 is 111 Å². The Labute approximate surface area is 453 Å². The summed E-state index contributed by atoms with van der Waals surface area (Å²) < 4.78 is 2.41. The van der Waals surface area contributed by atoms with E-state index < -0.39 is 0 Å². The molecule has 1 aromatic heterocycles. The molecule has 0 fully saturated rings. The summed E-state index contributed by atoms with van der Waals surface area (Å²) >= 11 is 0. The second kappa shape index (κ2) is 19.6. The Bertz CT molecular complexity index is 4600. The largest absolute Gasteiger partial charge is 0.312 e. The SMILES string of the molecule is [C-]#[N+]c1cccc(N(c2ccccc2)c2cc(-c3cccc(N(c4ccccc4)c4cccc5c4c4ccccc4n5-c4ccc5ccccc5c4)c3)cc(N(c3ccccc3)c3cc4ccccc4c4ccccc34)c2)c1. The van der Waals surface area contributed by atoms with Gasteiger partial charge in [-0.15, -0.1) is 0 Å². The van der Waals surface area contributed by atoms with Crippen molar-refractivity contribution in [1.29, 1.82) is 0 Å². The lowest BCUT2D eigenvalue weighted by Crippen LogP contribution is -2.14. The fourth-order valence-electron chi connectivity index (χ4n) is 11.6. The van der Waals surface area contributed by atoms with E-state index in [1.807, 2.05) is 24.3 Å². The third-order valence-corrected chi connectivity index (χ3v) is 15.0. The first-order chi connectivity index (χ1) is 38.6. The van der Waals surface area contributed by atoms with Crippen molar-refractivity contribution in [1.82, 2.24) is 4.57 Å². The van der Waals surface area contributed by atoms with Gasteiger partial charge in [0.25, 0.3) is 0 Å². The highest BCUT2D eigenvalue weighted by molar-refractivity contribution is 6.17. The van der Waals surface area contributed by atoms with Crippen LogP contribution in [0.4, 0.5) is 56.9 Å². The normalized spacial score (nSPS) is 11.3. The summed E-state index contributed by atoms with van der Waals surface area (Å²) in [7, 11) is 0. The van der Waals surface area contributed by atoms with Crippen LogP contribution in [-0.4, -0.2) is 4.57 Å². The molecule has 14 rings (SSSR count). The number of anilines is 9. The Morgan fingerprint density at radius 3 is 1.51 bits per heavy atom. The van der Waals surface area contributed by atoms with Gasteiger partial charge in [-0.3, -0.25) is 0 Å². The summed E-state index contributed by atoms with van der Waals surface area (Å²) in [5.74, 6) is 0. The molecule has 14 aromatic rings. The molecule has 366 valence electrons. The molecule has 13 aromatic carbocycles. The minimum absolute atomic E-state index is 0.572. The monoisotopic (exact) mass is 995 g/mol. The van der Waals surface area contributed by atoms with Gasteiger partial charge in [0.05, 0.1) is 29.0 Å². The smallest absolute Gasteiger partial charge is 0.189 e. The molecule has 0 amide bonds. The van der Waals surface area contributed by atoms with Crippen LogP contribution < -0.4 is 14.7 Å². The van der Waals surface area contributed by atoms with E-state index in [0.29, 0.717) is 5.69 Å². The zero-order valence-corrected chi connectivity index (χ0v) is 42.5. The molecule has 0 aliphatic carbocycles.